The van der Waals surface area contributed by atoms with Crippen molar-refractivity contribution in [2.45, 2.75) is 31.3 Å². The molecule has 154 valence electrons. The fraction of sp³-hybridized carbons (Fsp3) is 0.381. The molecule has 1 aromatic heterocycles. The number of carbonyl (C=O) groups excluding carboxylic acids is 2. The monoisotopic (exact) mass is 431 g/mol. The van der Waals surface area contributed by atoms with Crippen molar-refractivity contribution in [2.24, 2.45) is 5.10 Å². The second-order valence-corrected chi connectivity index (χ2v) is 10.5. The molecule has 0 saturated carbocycles. The van der Waals surface area contributed by atoms with E-state index in [1.807, 2.05) is 55.6 Å². The first-order valence-electron chi connectivity index (χ1n) is 9.30. The van der Waals surface area contributed by atoms with Crippen LogP contribution in [0.25, 0.3) is 5.69 Å². The van der Waals surface area contributed by atoms with Crippen LogP contribution in [0.4, 0.5) is 0 Å². The van der Waals surface area contributed by atoms with Crippen molar-refractivity contribution in [1.82, 2.24) is 9.99 Å². The smallest absolute Gasteiger partial charge is 0.337 e. The molecular formula is C21H25N3O3S2. The number of aromatic nitrogens is 1. The normalized spacial score (nSPS) is 15.6. The van der Waals surface area contributed by atoms with Gasteiger partial charge in [-0.1, -0.05) is 0 Å². The zero-order valence-corrected chi connectivity index (χ0v) is 18.7. The van der Waals surface area contributed by atoms with Crippen LogP contribution in [0.1, 0.15) is 40.7 Å². The van der Waals surface area contributed by atoms with E-state index in [-0.39, 0.29) is 16.0 Å². The number of rotatable bonds is 6. The van der Waals surface area contributed by atoms with Gasteiger partial charge in [0, 0.05) is 34.1 Å². The van der Waals surface area contributed by atoms with Crippen molar-refractivity contribution in [2.75, 3.05) is 18.6 Å². The first kappa shape index (κ1) is 21.5. The molecule has 0 aliphatic carbocycles. The molecule has 6 nitrogen and oxygen atoms in total. The van der Waals surface area contributed by atoms with Gasteiger partial charge < -0.3 is 9.30 Å². The number of nitrogens with one attached hydrogen (secondary N) is 1. The Morgan fingerprint density at radius 2 is 1.90 bits per heavy atom. The highest BCUT2D eigenvalue weighted by atomic mass is 32.2. The van der Waals surface area contributed by atoms with E-state index in [0.717, 1.165) is 34.1 Å². The molecule has 0 unspecified atom stereocenters. The van der Waals surface area contributed by atoms with Gasteiger partial charge in [-0.05, 0) is 51.1 Å². The van der Waals surface area contributed by atoms with Gasteiger partial charge in [-0.15, -0.1) is 23.5 Å². The summed E-state index contributed by atoms with van der Waals surface area (Å²) < 4.78 is 6.78. The largest absolute Gasteiger partial charge is 0.465 e. The minimum atomic E-state index is -0.357. The summed E-state index contributed by atoms with van der Waals surface area (Å²) in [6.07, 6.45) is 2.13. The van der Waals surface area contributed by atoms with E-state index in [1.54, 1.807) is 18.3 Å². The maximum absolute atomic E-state index is 12.2. The average Bonchev–Trinajstić information content (AvgIpc) is 3.24. The number of esters is 1. The Morgan fingerprint density at radius 1 is 1.24 bits per heavy atom. The summed E-state index contributed by atoms with van der Waals surface area (Å²) in [5.41, 5.74) is 7.06. The highest BCUT2D eigenvalue weighted by molar-refractivity contribution is 8.21. The highest BCUT2D eigenvalue weighted by Gasteiger charge is 2.32. The minimum Gasteiger partial charge on any atom is -0.465 e. The van der Waals surface area contributed by atoms with Gasteiger partial charge >= 0.3 is 5.97 Å². The number of ether oxygens (including phenoxy) is 1. The molecule has 0 atom stereocenters. The van der Waals surface area contributed by atoms with Crippen LogP contribution >= 0.6 is 23.5 Å². The number of hydrogen-bond acceptors (Lipinski definition) is 6. The van der Waals surface area contributed by atoms with E-state index >= 15 is 0 Å². The van der Waals surface area contributed by atoms with E-state index < -0.39 is 0 Å². The molecule has 2 heterocycles. The van der Waals surface area contributed by atoms with Gasteiger partial charge in [-0.2, -0.15) is 5.10 Å². The van der Waals surface area contributed by atoms with Crippen LogP contribution in [0.2, 0.25) is 0 Å². The SMILES string of the molecule is COC(=O)c1ccc(-n2c(C)cc(/C=N\NC(=O)CC3(C)SCCS3)c2C)cc1. The number of amides is 1. The number of carbonyl (C=O) groups is 2. The van der Waals surface area contributed by atoms with Crippen molar-refractivity contribution < 1.29 is 14.3 Å². The maximum Gasteiger partial charge on any atom is 0.337 e. The third-order valence-corrected chi connectivity index (χ3v) is 8.08. The Morgan fingerprint density at radius 3 is 2.52 bits per heavy atom. The topological polar surface area (TPSA) is 72.7 Å². The fourth-order valence-corrected chi connectivity index (χ4v) is 6.17. The van der Waals surface area contributed by atoms with Gasteiger partial charge in [-0.3, -0.25) is 4.79 Å². The van der Waals surface area contributed by atoms with Gasteiger partial charge in [0.25, 0.3) is 0 Å². The van der Waals surface area contributed by atoms with Crippen LogP contribution < -0.4 is 5.43 Å². The molecule has 3 rings (SSSR count). The zero-order valence-electron chi connectivity index (χ0n) is 17.0. The predicted octanol–water partition coefficient (Wildman–Crippen LogP) is 3.92. The van der Waals surface area contributed by atoms with Crippen LogP contribution in [0, 0.1) is 13.8 Å². The van der Waals surface area contributed by atoms with Gasteiger partial charge in [0.2, 0.25) is 5.91 Å². The number of hydrogen-bond donors (Lipinski definition) is 1. The summed E-state index contributed by atoms with van der Waals surface area (Å²) in [5, 5.41) is 4.15. The van der Waals surface area contributed by atoms with Crippen molar-refractivity contribution >= 4 is 41.6 Å². The van der Waals surface area contributed by atoms with Crippen molar-refractivity contribution in [1.29, 1.82) is 0 Å². The number of hydrazone groups is 1. The van der Waals surface area contributed by atoms with Crippen LogP contribution in [0.15, 0.2) is 35.4 Å². The zero-order chi connectivity index (χ0) is 21.0. The summed E-state index contributed by atoms with van der Waals surface area (Å²) >= 11 is 3.66. The van der Waals surface area contributed by atoms with E-state index in [1.165, 1.54) is 7.11 Å². The van der Waals surface area contributed by atoms with Crippen LogP contribution in [-0.2, 0) is 9.53 Å². The molecule has 0 radical (unpaired) electrons. The standard InChI is InChI=1S/C21H25N3O3S2/c1-14-11-17(13-22-23-19(25)12-21(3)28-9-10-29-21)15(2)24(14)18-7-5-16(6-8-18)20(26)27-4/h5-8,11,13H,9-10,12H2,1-4H3,(H,23,25)/b22-13-. The van der Waals surface area contributed by atoms with Crippen molar-refractivity contribution in [3.05, 3.63) is 52.8 Å². The Bertz CT molecular complexity index is 929. The molecule has 1 saturated heterocycles. The molecule has 29 heavy (non-hydrogen) atoms. The van der Waals surface area contributed by atoms with E-state index in [0.29, 0.717) is 12.0 Å². The lowest BCUT2D eigenvalue weighted by molar-refractivity contribution is -0.121. The Balaban J connectivity index is 1.69. The Hall–Kier alpha value is -2.19. The van der Waals surface area contributed by atoms with Gasteiger partial charge in [-0.25, -0.2) is 10.2 Å². The number of methoxy groups -OCH3 is 1. The highest BCUT2D eigenvalue weighted by Crippen LogP contribution is 2.45. The first-order valence-corrected chi connectivity index (χ1v) is 11.3. The summed E-state index contributed by atoms with van der Waals surface area (Å²) in [6, 6.07) is 9.27. The van der Waals surface area contributed by atoms with Crippen molar-refractivity contribution in [3.63, 3.8) is 0 Å². The molecule has 1 aliphatic rings. The third kappa shape index (κ3) is 5.05. The maximum atomic E-state index is 12.2. The molecule has 8 heteroatoms. The number of benzene rings is 1. The quantitative estimate of drug-likeness (QED) is 0.426. The molecule has 1 aliphatic heterocycles. The number of nitrogens with zero attached hydrogens (tertiary/aromatic N) is 2. The summed E-state index contributed by atoms with van der Waals surface area (Å²) in [7, 11) is 1.37. The summed E-state index contributed by atoms with van der Waals surface area (Å²) in [5.74, 6) is 1.75. The summed E-state index contributed by atoms with van der Waals surface area (Å²) in [4.78, 5) is 23.8. The second-order valence-electron chi connectivity index (χ2n) is 7.00. The van der Waals surface area contributed by atoms with Gasteiger partial charge in [0.05, 0.1) is 29.4 Å². The molecule has 2 aromatic rings. The second kappa shape index (κ2) is 9.09. The summed E-state index contributed by atoms with van der Waals surface area (Å²) in [6.45, 7) is 6.11. The predicted molar refractivity (Wildman–Crippen MR) is 120 cm³/mol. The Kier molecular flexibility index (Phi) is 6.74. The molecule has 1 aromatic carbocycles. The van der Waals surface area contributed by atoms with Crippen LogP contribution in [0.5, 0.6) is 0 Å². The van der Waals surface area contributed by atoms with Gasteiger partial charge in [0.15, 0.2) is 0 Å². The molecule has 0 bridgehead atoms. The van der Waals surface area contributed by atoms with Crippen molar-refractivity contribution in [3.8, 4) is 5.69 Å². The fourth-order valence-electron chi connectivity index (χ4n) is 3.34. The first-order chi connectivity index (χ1) is 13.8. The van der Waals surface area contributed by atoms with Crippen LogP contribution in [-0.4, -0.2) is 45.4 Å². The molecular weight excluding hydrogens is 406 g/mol. The lowest BCUT2D eigenvalue weighted by Gasteiger charge is -2.19. The number of aryl methyl sites for hydroxylation is 1. The Labute approximate surface area is 179 Å². The molecule has 1 N–H and O–H groups in total. The van der Waals surface area contributed by atoms with E-state index in [4.69, 9.17) is 4.74 Å². The molecule has 1 amide bonds. The third-order valence-electron chi connectivity index (χ3n) is 4.79. The average molecular weight is 432 g/mol. The van der Waals surface area contributed by atoms with Gasteiger partial charge in [0.1, 0.15) is 0 Å². The molecule has 0 spiro atoms. The van der Waals surface area contributed by atoms with E-state index in [2.05, 4.69) is 22.0 Å². The molecule has 1 fully saturated rings. The van der Waals surface area contributed by atoms with Crippen LogP contribution in [0.3, 0.4) is 0 Å². The number of thioether (sulfide) groups is 2. The van der Waals surface area contributed by atoms with E-state index in [9.17, 15) is 9.59 Å². The lowest BCUT2D eigenvalue weighted by atomic mass is 10.2. The minimum absolute atomic E-state index is 0.0498. The lowest BCUT2D eigenvalue weighted by Crippen LogP contribution is -2.26.